The molecular weight excluding hydrogens is 149 g/mol. The highest BCUT2D eigenvalue weighted by molar-refractivity contribution is 7.61. The van der Waals surface area contributed by atoms with Crippen LogP contribution in [0, 0.1) is 0 Å². The van der Waals surface area contributed by atoms with E-state index < -0.39 is 7.37 Å². The lowest BCUT2D eigenvalue weighted by Crippen LogP contribution is -2.11. The fraction of sp³-hybridized carbons (Fsp3) is 0.667. The largest absolute Gasteiger partial charge is 0.341 e. The maximum Gasteiger partial charge on any atom is 0.222 e. The van der Waals surface area contributed by atoms with Crippen LogP contribution in [0.1, 0.15) is 12.8 Å². The molecule has 0 aromatic carbocycles. The van der Waals surface area contributed by atoms with Crippen molar-refractivity contribution >= 4 is 7.37 Å². The average molecular weight is 161 g/mol. The zero-order chi connectivity index (χ0) is 7.78. The third kappa shape index (κ3) is 1.69. The molecule has 58 valence electrons. The van der Waals surface area contributed by atoms with Gasteiger partial charge in [0.1, 0.15) is 0 Å². The normalized spacial score (nSPS) is 31.5. The lowest BCUT2D eigenvalue weighted by Gasteiger charge is -2.03. The molecule has 0 spiro atoms. The molecule has 1 rings (SSSR count). The molecule has 0 fully saturated rings. The maximum atomic E-state index is 11.0. The van der Waals surface area contributed by atoms with Gasteiger partial charge < -0.3 is 10.6 Å². The van der Waals surface area contributed by atoms with Gasteiger partial charge in [-0.15, -0.1) is 0 Å². The Bertz CT molecular complexity index is 206. The molecule has 0 aromatic heterocycles. The van der Waals surface area contributed by atoms with E-state index >= 15 is 0 Å². The minimum Gasteiger partial charge on any atom is -0.341 e. The van der Waals surface area contributed by atoms with E-state index in [0.717, 1.165) is 6.42 Å². The Hall–Kier alpha value is -0.110. The Morgan fingerprint density at radius 1 is 1.90 bits per heavy atom. The van der Waals surface area contributed by atoms with E-state index in [0.29, 0.717) is 11.7 Å². The van der Waals surface area contributed by atoms with Gasteiger partial charge >= 0.3 is 0 Å². The second-order valence-corrected chi connectivity index (χ2v) is 5.07. The highest BCUT2D eigenvalue weighted by Crippen LogP contribution is 2.50. The number of hydrogen-bond donors (Lipinski definition) is 2. The topological polar surface area (TPSA) is 63.3 Å². The minimum atomic E-state index is -2.97. The summed E-state index contributed by atoms with van der Waals surface area (Å²) in [6.07, 6.45) is 3.21. The summed E-state index contributed by atoms with van der Waals surface area (Å²) in [7, 11) is -2.97. The quantitative estimate of drug-likeness (QED) is 0.561. The Labute approximate surface area is 60.4 Å². The molecule has 3 N–H and O–H groups in total. The van der Waals surface area contributed by atoms with Gasteiger partial charge in [-0.3, -0.25) is 4.57 Å². The molecule has 0 aliphatic heterocycles. The van der Waals surface area contributed by atoms with Crippen molar-refractivity contribution in [2.45, 2.75) is 18.9 Å². The Kier molecular flexibility index (Phi) is 1.99. The molecule has 0 saturated carbocycles. The van der Waals surface area contributed by atoms with Crippen LogP contribution in [0.2, 0.25) is 0 Å². The fourth-order valence-electron chi connectivity index (χ4n) is 1.07. The molecule has 0 amide bonds. The van der Waals surface area contributed by atoms with Crippen molar-refractivity contribution in [3.8, 4) is 0 Å². The van der Waals surface area contributed by atoms with Crippen LogP contribution < -0.4 is 5.73 Å². The maximum absolute atomic E-state index is 11.0. The van der Waals surface area contributed by atoms with E-state index in [1.54, 1.807) is 6.08 Å². The molecule has 3 nitrogen and oxygen atoms in total. The molecule has 2 unspecified atom stereocenters. The highest BCUT2D eigenvalue weighted by Gasteiger charge is 2.23. The summed E-state index contributed by atoms with van der Waals surface area (Å²) in [5.41, 5.74) is 5.51. The van der Waals surface area contributed by atoms with Crippen molar-refractivity contribution in [1.82, 2.24) is 0 Å². The van der Waals surface area contributed by atoms with Gasteiger partial charge in [0, 0.05) is 18.0 Å². The summed E-state index contributed by atoms with van der Waals surface area (Å²) in [6.45, 7) is 1.36. The van der Waals surface area contributed by atoms with Gasteiger partial charge in [0.05, 0.1) is 0 Å². The zero-order valence-corrected chi connectivity index (χ0v) is 6.84. The van der Waals surface area contributed by atoms with Gasteiger partial charge in [-0.2, -0.15) is 0 Å². The number of nitrogens with two attached hydrogens (primary N) is 1. The van der Waals surface area contributed by atoms with Crippen molar-refractivity contribution in [2.24, 2.45) is 5.73 Å². The van der Waals surface area contributed by atoms with Crippen LogP contribution in [0.3, 0.4) is 0 Å². The van der Waals surface area contributed by atoms with Crippen LogP contribution >= 0.6 is 7.37 Å². The van der Waals surface area contributed by atoms with E-state index in [9.17, 15) is 4.57 Å². The standard InChI is InChI=1S/C6H12NO2P/c1-10(8,9)6-3-2-5(7)4-6/h4-5H,2-3,7H2,1H3,(H,8,9). The van der Waals surface area contributed by atoms with Crippen molar-refractivity contribution in [3.63, 3.8) is 0 Å². The first-order chi connectivity index (χ1) is 4.50. The fourth-order valence-corrected chi connectivity index (χ4v) is 2.09. The molecule has 2 atom stereocenters. The van der Waals surface area contributed by atoms with Gasteiger partial charge in [0.15, 0.2) is 0 Å². The summed E-state index contributed by atoms with van der Waals surface area (Å²) >= 11 is 0. The monoisotopic (exact) mass is 161 g/mol. The first-order valence-electron chi connectivity index (χ1n) is 3.27. The third-order valence-corrected chi connectivity index (χ3v) is 3.11. The lowest BCUT2D eigenvalue weighted by atomic mass is 10.3. The summed E-state index contributed by atoms with van der Waals surface area (Å²) in [5.74, 6) is 0. The number of hydrogen-bond acceptors (Lipinski definition) is 2. The van der Waals surface area contributed by atoms with Crippen LogP contribution in [0.15, 0.2) is 11.4 Å². The smallest absolute Gasteiger partial charge is 0.222 e. The van der Waals surface area contributed by atoms with Crippen LogP contribution in [0.4, 0.5) is 0 Å². The van der Waals surface area contributed by atoms with Crippen LogP contribution in [0.25, 0.3) is 0 Å². The minimum absolute atomic E-state index is 0.00424. The Morgan fingerprint density at radius 2 is 2.50 bits per heavy atom. The third-order valence-electron chi connectivity index (χ3n) is 1.67. The van der Waals surface area contributed by atoms with Crippen molar-refractivity contribution in [2.75, 3.05) is 6.66 Å². The van der Waals surface area contributed by atoms with Crippen molar-refractivity contribution in [3.05, 3.63) is 11.4 Å². The molecule has 0 bridgehead atoms. The Balaban J connectivity index is 2.77. The van der Waals surface area contributed by atoms with Gasteiger partial charge in [-0.05, 0) is 12.8 Å². The van der Waals surface area contributed by atoms with Gasteiger partial charge in [-0.25, -0.2) is 0 Å². The summed E-state index contributed by atoms with van der Waals surface area (Å²) in [6, 6.07) is -0.00424. The number of allylic oxidation sites excluding steroid dienone is 1. The van der Waals surface area contributed by atoms with E-state index in [4.69, 9.17) is 10.6 Å². The molecule has 1 aliphatic carbocycles. The SMILES string of the molecule is CP(=O)(O)C1=CC(N)CC1. The molecule has 0 saturated heterocycles. The van der Waals surface area contributed by atoms with Gasteiger partial charge in [-0.1, -0.05) is 6.08 Å². The molecule has 1 aliphatic rings. The van der Waals surface area contributed by atoms with E-state index in [-0.39, 0.29) is 6.04 Å². The molecule has 0 heterocycles. The summed E-state index contributed by atoms with van der Waals surface area (Å²) in [5, 5.41) is 0.639. The predicted molar refractivity (Wildman–Crippen MR) is 41.0 cm³/mol. The second-order valence-electron chi connectivity index (χ2n) is 2.74. The lowest BCUT2D eigenvalue weighted by molar-refractivity contribution is 0.491. The summed E-state index contributed by atoms with van der Waals surface area (Å²) < 4.78 is 11.0. The van der Waals surface area contributed by atoms with Crippen LogP contribution in [-0.4, -0.2) is 17.6 Å². The molecule has 4 heteroatoms. The average Bonchev–Trinajstić information content (AvgIpc) is 2.11. The van der Waals surface area contributed by atoms with Crippen molar-refractivity contribution < 1.29 is 9.46 Å². The molecule has 0 radical (unpaired) electrons. The van der Waals surface area contributed by atoms with Crippen molar-refractivity contribution in [1.29, 1.82) is 0 Å². The molecular formula is C6H12NO2P. The Morgan fingerprint density at radius 3 is 2.70 bits per heavy atom. The molecule has 10 heavy (non-hydrogen) atoms. The van der Waals surface area contributed by atoms with E-state index in [1.165, 1.54) is 6.66 Å². The van der Waals surface area contributed by atoms with Crippen LogP contribution in [0.5, 0.6) is 0 Å². The van der Waals surface area contributed by atoms with Gasteiger partial charge in [0.25, 0.3) is 0 Å². The van der Waals surface area contributed by atoms with Crippen LogP contribution in [-0.2, 0) is 4.57 Å². The van der Waals surface area contributed by atoms with E-state index in [1.807, 2.05) is 0 Å². The zero-order valence-electron chi connectivity index (χ0n) is 5.95. The summed E-state index contributed by atoms with van der Waals surface area (Å²) in [4.78, 5) is 9.07. The highest BCUT2D eigenvalue weighted by atomic mass is 31.2. The van der Waals surface area contributed by atoms with Gasteiger partial charge in [0.2, 0.25) is 7.37 Å². The first-order valence-corrected chi connectivity index (χ1v) is 5.38. The predicted octanol–water partition coefficient (Wildman–Crippen LogP) is 0.892. The number of rotatable bonds is 1. The second kappa shape index (κ2) is 2.50. The molecule has 0 aromatic rings. The van der Waals surface area contributed by atoms with E-state index in [2.05, 4.69) is 0 Å². The first kappa shape index (κ1) is 7.99.